The van der Waals surface area contributed by atoms with Crippen molar-refractivity contribution in [2.75, 3.05) is 0 Å². The van der Waals surface area contributed by atoms with Crippen LogP contribution in [0.5, 0.6) is 0 Å². The number of benzene rings is 5. The molecule has 0 N–H and O–H groups in total. The number of para-hydroxylation sites is 2. The topological polar surface area (TPSA) is 12.2 Å². The van der Waals surface area contributed by atoms with Gasteiger partial charge in [-0.15, -0.1) is 0 Å². The summed E-state index contributed by atoms with van der Waals surface area (Å²) < 4.78 is 7.68. The van der Waals surface area contributed by atoms with E-state index < -0.39 is 0 Å². The van der Waals surface area contributed by atoms with Crippen LogP contribution in [-0.4, -0.2) is 4.40 Å². The quantitative estimate of drug-likeness (QED) is 0.160. The van der Waals surface area contributed by atoms with Crippen molar-refractivity contribution >= 4 is 38.1 Å². The van der Waals surface area contributed by atoms with E-state index in [1.165, 1.54) is 82.9 Å². The third-order valence-corrected chi connectivity index (χ3v) is 11.6. The third kappa shape index (κ3) is 3.90. The minimum atomic E-state index is 0.375. The molecule has 2 unspecified atom stereocenters. The van der Waals surface area contributed by atoms with Gasteiger partial charge >= 0.3 is 0 Å². The van der Waals surface area contributed by atoms with Crippen molar-refractivity contribution < 1.29 is 9.13 Å². The molecule has 2 aliphatic heterocycles. The first-order valence-corrected chi connectivity index (χ1v) is 17.7. The molecule has 0 amide bonds. The molecular formula is C46H35N3+2. The first-order chi connectivity index (χ1) is 24.3. The smallest absolute Gasteiger partial charge is 0.213 e. The highest BCUT2D eigenvalue weighted by molar-refractivity contribution is 6.23. The Kier molecular flexibility index (Phi) is 5.74. The van der Waals surface area contributed by atoms with Crippen molar-refractivity contribution in [1.29, 1.82) is 0 Å². The Morgan fingerprint density at radius 3 is 2.29 bits per heavy atom. The van der Waals surface area contributed by atoms with E-state index in [2.05, 4.69) is 165 Å². The normalized spacial score (nSPS) is 17.1. The molecule has 0 saturated heterocycles. The highest BCUT2D eigenvalue weighted by Crippen LogP contribution is 2.45. The number of aryl methyl sites for hydroxylation is 2. The summed E-state index contributed by atoms with van der Waals surface area (Å²) in [5.74, 6) is 0.424. The van der Waals surface area contributed by atoms with E-state index >= 15 is 0 Å². The van der Waals surface area contributed by atoms with Gasteiger partial charge in [-0.05, 0) is 65.9 Å². The lowest BCUT2D eigenvalue weighted by Gasteiger charge is -2.31. The van der Waals surface area contributed by atoms with Crippen molar-refractivity contribution in [2.45, 2.75) is 37.8 Å². The second-order valence-corrected chi connectivity index (χ2v) is 14.0. The average Bonchev–Trinajstić information content (AvgIpc) is 3.68. The maximum absolute atomic E-state index is 2.58. The second kappa shape index (κ2) is 10.3. The Morgan fingerprint density at radius 1 is 0.551 bits per heavy atom. The monoisotopic (exact) mass is 629 g/mol. The number of rotatable bonds is 1. The van der Waals surface area contributed by atoms with Gasteiger partial charge in [0.2, 0.25) is 11.4 Å². The van der Waals surface area contributed by atoms with Crippen LogP contribution in [-0.2, 0) is 13.0 Å². The fourth-order valence-electron chi connectivity index (χ4n) is 9.44. The average molecular weight is 630 g/mol. The van der Waals surface area contributed by atoms with Gasteiger partial charge in [0.15, 0.2) is 25.0 Å². The van der Waals surface area contributed by atoms with Gasteiger partial charge in [0.1, 0.15) is 0 Å². The summed E-state index contributed by atoms with van der Waals surface area (Å²) in [6.45, 7) is 0.942. The fourth-order valence-corrected chi connectivity index (χ4v) is 9.44. The maximum atomic E-state index is 2.58. The van der Waals surface area contributed by atoms with Gasteiger partial charge in [-0.2, -0.15) is 9.13 Å². The third-order valence-electron chi connectivity index (χ3n) is 11.6. The summed E-state index contributed by atoms with van der Waals surface area (Å²) in [7, 11) is 0. The SMILES string of the molecule is c1ccc(-c2ccc3[n+](c2)CCC2C(CCc4cc5c(cc4-3)c3cccc4c6ccccc6n5c43)c3ccccc3-c3cccc[n+]32)cc1. The molecule has 49 heavy (non-hydrogen) atoms. The van der Waals surface area contributed by atoms with Crippen LogP contribution in [0.25, 0.3) is 71.7 Å². The van der Waals surface area contributed by atoms with E-state index in [0.717, 1.165) is 25.8 Å². The molecule has 2 atom stereocenters. The van der Waals surface area contributed by atoms with Gasteiger partial charge in [-0.1, -0.05) is 84.9 Å². The molecule has 0 bridgehead atoms. The molecule has 4 aromatic heterocycles. The molecule has 0 radical (unpaired) electrons. The van der Waals surface area contributed by atoms with Gasteiger partial charge in [-0.3, -0.25) is 0 Å². The minimum absolute atomic E-state index is 0.375. The number of hydrogen-bond donors (Lipinski definition) is 0. The molecule has 5 aromatic carbocycles. The molecule has 0 aliphatic carbocycles. The van der Waals surface area contributed by atoms with Gasteiger partial charge in [0.25, 0.3) is 0 Å². The maximum Gasteiger partial charge on any atom is 0.213 e. The van der Waals surface area contributed by atoms with E-state index in [4.69, 9.17) is 0 Å². The summed E-state index contributed by atoms with van der Waals surface area (Å²) in [6, 6.07) is 52.6. The van der Waals surface area contributed by atoms with Crippen LogP contribution >= 0.6 is 0 Å². The van der Waals surface area contributed by atoms with Crippen molar-refractivity contribution in [1.82, 2.24) is 4.40 Å². The zero-order chi connectivity index (χ0) is 32.1. The molecule has 3 heteroatoms. The molecule has 6 heterocycles. The number of nitrogens with zero attached hydrogens (tertiary/aromatic N) is 3. The van der Waals surface area contributed by atoms with Crippen molar-refractivity contribution in [3.05, 3.63) is 163 Å². The Bertz CT molecular complexity index is 2740. The standard InChI is InChI=1S/C46H35N3/c1-2-11-30(12-3-1)32-21-23-41-39-28-40-38-17-10-16-37-35-15-6-7-19-44(35)49(46(37)38)45(40)27-31(39)20-22-36-33-13-4-5-14-34(33)42-18-8-9-25-48(42)43(36)24-26-47(41)29-32/h1-19,21,23,25,27-29,36,43H,20,22,24,26H2/q+2. The van der Waals surface area contributed by atoms with E-state index in [1.807, 2.05) is 0 Å². The van der Waals surface area contributed by atoms with Crippen LogP contribution in [0.4, 0.5) is 0 Å². The van der Waals surface area contributed by atoms with Crippen LogP contribution in [0.3, 0.4) is 0 Å². The lowest BCUT2D eigenvalue weighted by Crippen LogP contribution is -2.50. The summed E-state index contributed by atoms with van der Waals surface area (Å²) in [6.07, 6.45) is 7.91. The predicted molar refractivity (Wildman–Crippen MR) is 199 cm³/mol. The zero-order valence-corrected chi connectivity index (χ0v) is 27.3. The number of fused-ring (bicyclic) bond motifs is 15. The number of aromatic nitrogens is 3. The first kappa shape index (κ1) is 27.2. The Balaban J connectivity index is 1.18. The van der Waals surface area contributed by atoms with Gasteiger partial charge in [0, 0.05) is 56.8 Å². The summed E-state index contributed by atoms with van der Waals surface area (Å²) in [4.78, 5) is 0. The van der Waals surface area contributed by atoms with Crippen molar-refractivity contribution in [2.24, 2.45) is 0 Å². The summed E-state index contributed by atoms with van der Waals surface area (Å²) >= 11 is 0. The van der Waals surface area contributed by atoms with Crippen LogP contribution in [0.15, 0.2) is 152 Å². The lowest BCUT2D eigenvalue weighted by atomic mass is 9.78. The Labute approximate surface area is 285 Å². The van der Waals surface area contributed by atoms with Crippen molar-refractivity contribution in [3.63, 3.8) is 0 Å². The Hall–Kier alpha value is -5.80. The summed E-state index contributed by atoms with van der Waals surface area (Å²) in [5, 5.41) is 5.35. The molecule has 2 aliphatic rings. The van der Waals surface area contributed by atoms with E-state index in [1.54, 1.807) is 0 Å². The molecule has 9 aromatic rings. The molecule has 232 valence electrons. The minimum Gasteiger partial charge on any atom is -0.308 e. The second-order valence-electron chi connectivity index (χ2n) is 14.0. The molecule has 11 rings (SSSR count). The largest absolute Gasteiger partial charge is 0.308 e. The fraction of sp³-hybridized carbons (Fsp3) is 0.130. The van der Waals surface area contributed by atoms with E-state index in [9.17, 15) is 0 Å². The number of pyridine rings is 2. The van der Waals surface area contributed by atoms with Crippen LogP contribution in [0, 0.1) is 0 Å². The van der Waals surface area contributed by atoms with Gasteiger partial charge in [0.05, 0.1) is 28.5 Å². The highest BCUT2D eigenvalue weighted by atomic mass is 15.0. The molecule has 3 nitrogen and oxygen atoms in total. The van der Waals surface area contributed by atoms with E-state index in [-0.39, 0.29) is 0 Å². The summed E-state index contributed by atoms with van der Waals surface area (Å²) in [5.41, 5.74) is 14.8. The van der Waals surface area contributed by atoms with Crippen molar-refractivity contribution in [3.8, 4) is 33.6 Å². The van der Waals surface area contributed by atoms with Gasteiger partial charge < -0.3 is 4.40 Å². The lowest BCUT2D eigenvalue weighted by molar-refractivity contribution is -0.738. The van der Waals surface area contributed by atoms with Crippen LogP contribution in [0.1, 0.15) is 35.9 Å². The molecular weight excluding hydrogens is 595 g/mol. The predicted octanol–water partition coefficient (Wildman–Crippen LogP) is 10.1. The first-order valence-electron chi connectivity index (χ1n) is 17.7. The van der Waals surface area contributed by atoms with Crippen LogP contribution in [0.2, 0.25) is 0 Å². The zero-order valence-electron chi connectivity index (χ0n) is 27.3. The van der Waals surface area contributed by atoms with E-state index in [0.29, 0.717) is 12.0 Å². The Morgan fingerprint density at radius 2 is 1.35 bits per heavy atom. The van der Waals surface area contributed by atoms with Gasteiger partial charge in [-0.25, -0.2) is 0 Å². The van der Waals surface area contributed by atoms with Crippen LogP contribution < -0.4 is 9.13 Å². The molecule has 0 spiro atoms. The molecule has 0 saturated carbocycles. The highest BCUT2D eigenvalue weighted by Gasteiger charge is 2.41. The molecule has 0 fully saturated rings. The number of hydrogen-bond acceptors (Lipinski definition) is 0.